The van der Waals surface area contributed by atoms with Crippen molar-refractivity contribution in [2.45, 2.75) is 97.0 Å². The molecule has 104 valence electrons. The van der Waals surface area contributed by atoms with Crippen LogP contribution in [0, 0.1) is 0 Å². The van der Waals surface area contributed by atoms with Crippen molar-refractivity contribution >= 4 is 0 Å². The standard InChI is InChI=1S/C16H34O/c1-5-7-9-10-11-12-13-15-16(3,17-4)14-8-6-2/h5-15H2,1-4H3. The Morgan fingerprint density at radius 3 is 1.71 bits per heavy atom. The smallest absolute Gasteiger partial charge is 0.0650 e. The summed E-state index contributed by atoms with van der Waals surface area (Å²) in [6, 6.07) is 0. The van der Waals surface area contributed by atoms with E-state index in [0.29, 0.717) is 0 Å². The minimum atomic E-state index is 0.138. The average Bonchev–Trinajstić information content (AvgIpc) is 2.35. The zero-order chi connectivity index (χ0) is 13.0. The molecule has 0 aromatic heterocycles. The molecule has 0 aromatic carbocycles. The van der Waals surface area contributed by atoms with E-state index in [1.807, 2.05) is 7.11 Å². The van der Waals surface area contributed by atoms with Gasteiger partial charge < -0.3 is 4.74 Å². The Kier molecular flexibility index (Phi) is 11.0. The predicted molar refractivity (Wildman–Crippen MR) is 77.5 cm³/mol. The molecule has 0 amide bonds. The van der Waals surface area contributed by atoms with Crippen molar-refractivity contribution in [1.29, 1.82) is 0 Å². The molecule has 0 heterocycles. The first-order valence-corrected chi connectivity index (χ1v) is 7.73. The Bertz CT molecular complexity index is 156. The molecule has 0 saturated carbocycles. The molecule has 0 N–H and O–H groups in total. The third kappa shape index (κ3) is 9.64. The number of unbranched alkanes of at least 4 members (excludes halogenated alkanes) is 7. The zero-order valence-electron chi connectivity index (χ0n) is 12.7. The molecule has 0 radical (unpaired) electrons. The summed E-state index contributed by atoms with van der Waals surface area (Å²) < 4.78 is 5.68. The summed E-state index contributed by atoms with van der Waals surface area (Å²) in [7, 11) is 1.87. The molecule has 0 aromatic rings. The van der Waals surface area contributed by atoms with E-state index >= 15 is 0 Å². The number of hydrogen-bond donors (Lipinski definition) is 0. The van der Waals surface area contributed by atoms with Gasteiger partial charge in [0.05, 0.1) is 5.60 Å². The maximum absolute atomic E-state index is 5.68. The molecule has 0 fully saturated rings. The third-order valence-corrected chi connectivity index (χ3v) is 3.86. The van der Waals surface area contributed by atoms with Gasteiger partial charge in [0.25, 0.3) is 0 Å². The lowest BCUT2D eigenvalue weighted by molar-refractivity contribution is -0.0117. The second kappa shape index (κ2) is 11.1. The van der Waals surface area contributed by atoms with Crippen LogP contribution >= 0.6 is 0 Å². The fourth-order valence-corrected chi connectivity index (χ4v) is 2.34. The van der Waals surface area contributed by atoms with Crippen LogP contribution < -0.4 is 0 Å². The van der Waals surface area contributed by atoms with Crippen molar-refractivity contribution in [3.8, 4) is 0 Å². The van der Waals surface area contributed by atoms with Crippen LogP contribution in [0.25, 0.3) is 0 Å². The number of rotatable bonds is 12. The van der Waals surface area contributed by atoms with Gasteiger partial charge >= 0.3 is 0 Å². The van der Waals surface area contributed by atoms with Crippen LogP contribution in [-0.2, 0) is 4.74 Å². The lowest BCUT2D eigenvalue weighted by Crippen LogP contribution is -2.26. The van der Waals surface area contributed by atoms with Crippen LogP contribution in [-0.4, -0.2) is 12.7 Å². The molecule has 0 aliphatic rings. The molecule has 0 rings (SSSR count). The van der Waals surface area contributed by atoms with Gasteiger partial charge in [-0.3, -0.25) is 0 Å². The first-order valence-electron chi connectivity index (χ1n) is 7.73. The minimum absolute atomic E-state index is 0.138. The summed E-state index contributed by atoms with van der Waals surface area (Å²) in [5, 5.41) is 0. The molecule has 1 atom stereocenters. The van der Waals surface area contributed by atoms with E-state index in [9.17, 15) is 0 Å². The second-order valence-corrected chi connectivity index (χ2v) is 5.63. The lowest BCUT2D eigenvalue weighted by Gasteiger charge is -2.28. The van der Waals surface area contributed by atoms with Gasteiger partial charge in [0.15, 0.2) is 0 Å². The van der Waals surface area contributed by atoms with Crippen LogP contribution in [0.1, 0.15) is 91.4 Å². The van der Waals surface area contributed by atoms with Crippen LogP contribution in [0.5, 0.6) is 0 Å². The van der Waals surface area contributed by atoms with Crippen molar-refractivity contribution < 1.29 is 4.74 Å². The zero-order valence-corrected chi connectivity index (χ0v) is 12.7. The van der Waals surface area contributed by atoms with Crippen molar-refractivity contribution in [3.05, 3.63) is 0 Å². The maximum atomic E-state index is 5.68. The molecule has 1 nitrogen and oxygen atoms in total. The largest absolute Gasteiger partial charge is 0.379 e. The number of methoxy groups -OCH3 is 1. The highest BCUT2D eigenvalue weighted by molar-refractivity contribution is 4.74. The van der Waals surface area contributed by atoms with E-state index in [-0.39, 0.29) is 5.60 Å². The summed E-state index contributed by atoms with van der Waals surface area (Å²) in [4.78, 5) is 0. The highest BCUT2D eigenvalue weighted by atomic mass is 16.5. The van der Waals surface area contributed by atoms with Gasteiger partial charge in [-0.2, -0.15) is 0 Å². The molecular weight excluding hydrogens is 208 g/mol. The number of ether oxygens (including phenoxy) is 1. The average molecular weight is 242 g/mol. The number of hydrogen-bond acceptors (Lipinski definition) is 1. The highest BCUT2D eigenvalue weighted by Crippen LogP contribution is 2.25. The van der Waals surface area contributed by atoms with Crippen molar-refractivity contribution in [2.24, 2.45) is 0 Å². The molecule has 17 heavy (non-hydrogen) atoms. The van der Waals surface area contributed by atoms with Gasteiger partial charge in [-0.05, 0) is 19.8 Å². The van der Waals surface area contributed by atoms with E-state index in [1.54, 1.807) is 0 Å². The third-order valence-electron chi connectivity index (χ3n) is 3.86. The Balaban J connectivity index is 3.48. The summed E-state index contributed by atoms with van der Waals surface area (Å²) in [5.74, 6) is 0. The molecule has 0 spiro atoms. The van der Waals surface area contributed by atoms with Gasteiger partial charge in [-0.15, -0.1) is 0 Å². The highest BCUT2D eigenvalue weighted by Gasteiger charge is 2.21. The lowest BCUT2D eigenvalue weighted by atomic mass is 9.92. The van der Waals surface area contributed by atoms with Crippen LogP contribution in [0.15, 0.2) is 0 Å². The van der Waals surface area contributed by atoms with E-state index in [2.05, 4.69) is 20.8 Å². The minimum Gasteiger partial charge on any atom is -0.379 e. The van der Waals surface area contributed by atoms with E-state index < -0.39 is 0 Å². The van der Waals surface area contributed by atoms with E-state index in [0.717, 1.165) is 0 Å². The van der Waals surface area contributed by atoms with Crippen molar-refractivity contribution in [1.82, 2.24) is 0 Å². The Morgan fingerprint density at radius 1 is 0.706 bits per heavy atom. The van der Waals surface area contributed by atoms with Gasteiger partial charge in [0, 0.05) is 7.11 Å². The predicted octanol–water partition coefficient (Wildman–Crippen LogP) is 5.72. The molecule has 1 unspecified atom stereocenters. The van der Waals surface area contributed by atoms with Gasteiger partial charge in [-0.1, -0.05) is 71.6 Å². The van der Waals surface area contributed by atoms with Crippen LogP contribution in [0.2, 0.25) is 0 Å². The first kappa shape index (κ1) is 17.0. The molecule has 0 bridgehead atoms. The van der Waals surface area contributed by atoms with Crippen LogP contribution in [0.4, 0.5) is 0 Å². The normalized spacial score (nSPS) is 14.8. The Hall–Kier alpha value is -0.0400. The fourth-order valence-electron chi connectivity index (χ4n) is 2.34. The molecule has 1 heteroatoms. The topological polar surface area (TPSA) is 9.23 Å². The quantitative estimate of drug-likeness (QED) is 0.397. The molecule has 0 saturated heterocycles. The van der Waals surface area contributed by atoms with Crippen molar-refractivity contribution in [3.63, 3.8) is 0 Å². The second-order valence-electron chi connectivity index (χ2n) is 5.63. The first-order chi connectivity index (χ1) is 8.18. The summed E-state index contributed by atoms with van der Waals surface area (Å²) in [5.41, 5.74) is 0.138. The van der Waals surface area contributed by atoms with Gasteiger partial charge in [0.1, 0.15) is 0 Å². The molecule has 0 aliphatic heterocycles. The van der Waals surface area contributed by atoms with Gasteiger partial charge in [-0.25, -0.2) is 0 Å². The van der Waals surface area contributed by atoms with Crippen molar-refractivity contribution in [2.75, 3.05) is 7.11 Å². The maximum Gasteiger partial charge on any atom is 0.0650 e. The Labute approximate surface area is 109 Å². The van der Waals surface area contributed by atoms with Crippen LogP contribution in [0.3, 0.4) is 0 Å². The Morgan fingerprint density at radius 2 is 1.18 bits per heavy atom. The SMILES string of the molecule is CCCCCCCCCC(C)(CCCC)OC. The summed E-state index contributed by atoms with van der Waals surface area (Å²) in [6.07, 6.45) is 14.7. The van der Waals surface area contributed by atoms with E-state index in [1.165, 1.54) is 70.6 Å². The molecule has 0 aliphatic carbocycles. The molecular formula is C16H34O. The summed E-state index contributed by atoms with van der Waals surface area (Å²) in [6.45, 7) is 6.81. The fraction of sp³-hybridized carbons (Fsp3) is 1.00. The van der Waals surface area contributed by atoms with E-state index in [4.69, 9.17) is 4.74 Å². The summed E-state index contributed by atoms with van der Waals surface area (Å²) >= 11 is 0. The van der Waals surface area contributed by atoms with Gasteiger partial charge in [0.2, 0.25) is 0 Å². The monoisotopic (exact) mass is 242 g/mol.